The molecule has 2 heterocycles. The van der Waals surface area contributed by atoms with Crippen LogP contribution in [0.4, 0.5) is 0 Å². The Bertz CT molecular complexity index is 723. The number of halogens is 1. The van der Waals surface area contributed by atoms with Crippen LogP contribution in [0.25, 0.3) is 0 Å². The van der Waals surface area contributed by atoms with Crippen molar-refractivity contribution in [3.8, 4) is 5.88 Å². The third-order valence-corrected chi connectivity index (χ3v) is 3.58. The molecule has 0 unspecified atom stereocenters. The number of Topliss-reactive ketones (excluding diaryl/α,β-unsaturated/α-hetero) is 1. The molecule has 6 nitrogen and oxygen atoms in total. The standard InChI is InChI=1S/C16H18ClN3O3/c1-9-14(11(3)21)10(2)20-15(9)16(22)18-6-7-23-13-5-4-12(17)8-19-13/h4-5,8,20H,6-7H2,1-3H3,(H,18,22). The highest BCUT2D eigenvalue weighted by molar-refractivity contribution is 6.30. The number of aromatic amines is 1. The number of ketones is 1. The van der Waals surface area contributed by atoms with E-state index < -0.39 is 0 Å². The first-order valence-electron chi connectivity index (χ1n) is 7.12. The van der Waals surface area contributed by atoms with Crippen molar-refractivity contribution in [2.45, 2.75) is 20.8 Å². The molecule has 7 heteroatoms. The number of hydrogen-bond acceptors (Lipinski definition) is 4. The molecule has 2 N–H and O–H groups in total. The molecule has 0 fully saturated rings. The third-order valence-electron chi connectivity index (χ3n) is 3.35. The van der Waals surface area contributed by atoms with Crippen LogP contribution < -0.4 is 10.1 Å². The summed E-state index contributed by atoms with van der Waals surface area (Å²) in [6.07, 6.45) is 1.49. The van der Waals surface area contributed by atoms with Gasteiger partial charge in [0.1, 0.15) is 12.3 Å². The predicted molar refractivity (Wildman–Crippen MR) is 87.3 cm³/mol. The number of nitrogens with one attached hydrogen (secondary N) is 2. The molecule has 0 bridgehead atoms. The van der Waals surface area contributed by atoms with Gasteiger partial charge < -0.3 is 15.0 Å². The topological polar surface area (TPSA) is 84.1 Å². The average molecular weight is 336 g/mol. The smallest absolute Gasteiger partial charge is 0.268 e. The lowest BCUT2D eigenvalue weighted by Gasteiger charge is -2.07. The van der Waals surface area contributed by atoms with E-state index >= 15 is 0 Å². The molecule has 122 valence electrons. The summed E-state index contributed by atoms with van der Waals surface area (Å²) in [5.41, 5.74) is 2.32. The van der Waals surface area contributed by atoms with Crippen molar-refractivity contribution in [2.24, 2.45) is 0 Å². The Hall–Kier alpha value is -2.34. The highest BCUT2D eigenvalue weighted by atomic mass is 35.5. The number of pyridine rings is 1. The van der Waals surface area contributed by atoms with Gasteiger partial charge in [0.15, 0.2) is 5.78 Å². The van der Waals surface area contributed by atoms with Crippen LogP contribution >= 0.6 is 11.6 Å². The zero-order valence-electron chi connectivity index (χ0n) is 13.2. The molecule has 2 aromatic rings. The SMILES string of the molecule is CC(=O)c1c(C)[nH]c(C(=O)NCCOc2ccc(Cl)cn2)c1C. The monoisotopic (exact) mass is 335 g/mol. The van der Waals surface area contributed by atoms with Crippen LogP contribution in [0.5, 0.6) is 5.88 Å². The highest BCUT2D eigenvalue weighted by Gasteiger charge is 2.19. The van der Waals surface area contributed by atoms with Gasteiger partial charge in [-0.05, 0) is 32.4 Å². The third kappa shape index (κ3) is 4.10. The van der Waals surface area contributed by atoms with Crippen LogP contribution in [0, 0.1) is 13.8 Å². The minimum absolute atomic E-state index is 0.0625. The second kappa shape index (κ2) is 7.28. The average Bonchev–Trinajstić information content (AvgIpc) is 2.80. The van der Waals surface area contributed by atoms with Gasteiger partial charge in [-0.1, -0.05) is 11.6 Å². The van der Waals surface area contributed by atoms with Crippen LogP contribution in [0.1, 0.15) is 39.0 Å². The first kappa shape index (κ1) is 17.0. The summed E-state index contributed by atoms with van der Waals surface area (Å²) in [7, 11) is 0. The summed E-state index contributed by atoms with van der Waals surface area (Å²) in [4.78, 5) is 30.7. The molecule has 0 saturated heterocycles. The Kier molecular flexibility index (Phi) is 5.39. The Labute approximate surface area is 139 Å². The molecule has 0 saturated carbocycles. The van der Waals surface area contributed by atoms with Gasteiger partial charge in [0.05, 0.1) is 11.6 Å². The molecule has 2 rings (SSSR count). The maximum Gasteiger partial charge on any atom is 0.268 e. The van der Waals surface area contributed by atoms with Crippen molar-refractivity contribution < 1.29 is 14.3 Å². The van der Waals surface area contributed by atoms with Crippen LogP contribution in [0.3, 0.4) is 0 Å². The number of carbonyl (C=O) groups excluding carboxylic acids is 2. The number of aryl methyl sites for hydroxylation is 1. The van der Waals surface area contributed by atoms with E-state index in [1.807, 2.05) is 0 Å². The molecular weight excluding hydrogens is 318 g/mol. The quantitative estimate of drug-likeness (QED) is 0.628. The van der Waals surface area contributed by atoms with Gasteiger partial charge in [-0.2, -0.15) is 0 Å². The summed E-state index contributed by atoms with van der Waals surface area (Å²) < 4.78 is 5.40. The number of H-pyrrole nitrogens is 1. The number of nitrogens with zero attached hydrogens (tertiary/aromatic N) is 1. The highest BCUT2D eigenvalue weighted by Crippen LogP contribution is 2.18. The number of aromatic nitrogens is 2. The molecule has 0 aliphatic rings. The van der Waals surface area contributed by atoms with Crippen molar-refractivity contribution in [3.05, 3.63) is 45.9 Å². The molecule has 0 aliphatic carbocycles. The first-order valence-corrected chi connectivity index (χ1v) is 7.50. The van der Waals surface area contributed by atoms with Gasteiger partial charge in [-0.25, -0.2) is 4.98 Å². The maximum atomic E-state index is 12.2. The summed E-state index contributed by atoms with van der Waals surface area (Å²) in [5, 5.41) is 3.27. The number of carbonyl (C=O) groups is 2. The molecule has 0 radical (unpaired) electrons. The zero-order chi connectivity index (χ0) is 17.0. The van der Waals surface area contributed by atoms with Crippen LogP contribution in [0.2, 0.25) is 5.02 Å². The lowest BCUT2D eigenvalue weighted by atomic mass is 10.1. The van der Waals surface area contributed by atoms with Gasteiger partial charge in [0.25, 0.3) is 5.91 Å². The summed E-state index contributed by atoms with van der Waals surface area (Å²) in [5.74, 6) is 0.104. The molecule has 0 aliphatic heterocycles. The van der Waals surface area contributed by atoms with E-state index in [0.717, 1.165) is 0 Å². The first-order chi connectivity index (χ1) is 10.9. The van der Waals surface area contributed by atoms with Gasteiger partial charge in [0.2, 0.25) is 5.88 Å². The molecule has 0 atom stereocenters. The van der Waals surface area contributed by atoms with Crippen molar-refractivity contribution in [1.29, 1.82) is 0 Å². The molecule has 23 heavy (non-hydrogen) atoms. The Balaban J connectivity index is 1.89. The fraction of sp³-hybridized carbons (Fsp3) is 0.312. The van der Waals surface area contributed by atoms with Crippen molar-refractivity contribution in [1.82, 2.24) is 15.3 Å². The van der Waals surface area contributed by atoms with Gasteiger partial charge in [-0.15, -0.1) is 0 Å². The van der Waals surface area contributed by atoms with E-state index in [-0.39, 0.29) is 18.3 Å². The van der Waals surface area contributed by atoms with E-state index in [2.05, 4.69) is 15.3 Å². The normalized spacial score (nSPS) is 10.4. The number of hydrogen-bond donors (Lipinski definition) is 2. The van der Waals surface area contributed by atoms with Crippen molar-refractivity contribution in [2.75, 3.05) is 13.2 Å². The van der Waals surface area contributed by atoms with Crippen LogP contribution in [-0.2, 0) is 0 Å². The van der Waals surface area contributed by atoms with E-state index in [9.17, 15) is 9.59 Å². The second-order valence-electron chi connectivity index (χ2n) is 5.10. The Morgan fingerprint density at radius 3 is 2.65 bits per heavy atom. The number of amides is 1. The molecule has 1 amide bonds. The second-order valence-corrected chi connectivity index (χ2v) is 5.54. The predicted octanol–water partition coefficient (Wildman–Crippen LogP) is 2.69. The minimum Gasteiger partial charge on any atom is -0.476 e. The fourth-order valence-corrected chi connectivity index (χ4v) is 2.47. The van der Waals surface area contributed by atoms with Gasteiger partial charge in [-0.3, -0.25) is 9.59 Å². The lowest BCUT2D eigenvalue weighted by molar-refractivity contribution is 0.0941. The van der Waals surface area contributed by atoms with Crippen molar-refractivity contribution in [3.63, 3.8) is 0 Å². The molecular formula is C16H18ClN3O3. The van der Waals surface area contributed by atoms with E-state index in [1.54, 1.807) is 26.0 Å². The summed E-state index contributed by atoms with van der Waals surface area (Å²) >= 11 is 5.73. The Morgan fingerprint density at radius 2 is 2.09 bits per heavy atom. The van der Waals surface area contributed by atoms with E-state index in [0.29, 0.717) is 40.0 Å². The number of rotatable bonds is 6. The zero-order valence-corrected chi connectivity index (χ0v) is 14.0. The van der Waals surface area contributed by atoms with E-state index in [1.165, 1.54) is 13.1 Å². The molecule has 2 aromatic heterocycles. The van der Waals surface area contributed by atoms with E-state index in [4.69, 9.17) is 16.3 Å². The summed E-state index contributed by atoms with van der Waals surface area (Å²) in [6, 6.07) is 3.33. The minimum atomic E-state index is -0.272. The van der Waals surface area contributed by atoms with Crippen LogP contribution in [-0.4, -0.2) is 34.8 Å². The molecule has 0 aromatic carbocycles. The van der Waals surface area contributed by atoms with Crippen LogP contribution in [0.15, 0.2) is 18.3 Å². The van der Waals surface area contributed by atoms with Gasteiger partial charge in [0, 0.05) is 23.5 Å². The maximum absolute atomic E-state index is 12.2. The summed E-state index contributed by atoms with van der Waals surface area (Å²) in [6.45, 7) is 5.60. The Morgan fingerprint density at radius 1 is 1.35 bits per heavy atom. The largest absolute Gasteiger partial charge is 0.476 e. The molecule has 0 spiro atoms. The number of ether oxygens (including phenoxy) is 1. The lowest BCUT2D eigenvalue weighted by Crippen LogP contribution is -2.29. The fourth-order valence-electron chi connectivity index (χ4n) is 2.36. The van der Waals surface area contributed by atoms with Crippen molar-refractivity contribution >= 4 is 23.3 Å². The van der Waals surface area contributed by atoms with Gasteiger partial charge >= 0.3 is 0 Å².